The van der Waals surface area contributed by atoms with E-state index in [0.717, 1.165) is 11.3 Å². The molecule has 0 saturated carbocycles. The number of carbonyl (C=O) groups excluding carboxylic acids is 1. The Morgan fingerprint density at radius 2 is 1.95 bits per heavy atom. The van der Waals surface area contributed by atoms with Gasteiger partial charge in [0.25, 0.3) is 0 Å². The summed E-state index contributed by atoms with van der Waals surface area (Å²) in [5.41, 5.74) is 1.53. The van der Waals surface area contributed by atoms with E-state index in [1.807, 2.05) is 24.3 Å². The van der Waals surface area contributed by atoms with Gasteiger partial charge in [0.1, 0.15) is 11.6 Å². The van der Waals surface area contributed by atoms with Crippen molar-refractivity contribution in [2.24, 2.45) is 0 Å². The van der Waals surface area contributed by atoms with E-state index in [2.05, 4.69) is 10.6 Å². The Morgan fingerprint density at radius 3 is 2.62 bits per heavy atom. The van der Waals surface area contributed by atoms with Gasteiger partial charge in [-0.1, -0.05) is 18.2 Å². The number of anilines is 1. The SMILES string of the molecule is COc1ccc(CCNC(=O)Nc2cccc(F)c2)cc1. The monoisotopic (exact) mass is 288 g/mol. The molecular formula is C16H17FN2O2. The maximum Gasteiger partial charge on any atom is 0.319 e. The van der Waals surface area contributed by atoms with E-state index in [1.54, 1.807) is 19.2 Å². The van der Waals surface area contributed by atoms with Gasteiger partial charge in [-0.2, -0.15) is 0 Å². The van der Waals surface area contributed by atoms with Gasteiger partial charge in [-0.15, -0.1) is 0 Å². The molecule has 0 unspecified atom stereocenters. The minimum Gasteiger partial charge on any atom is -0.497 e. The highest BCUT2D eigenvalue weighted by molar-refractivity contribution is 5.89. The number of methoxy groups -OCH3 is 1. The van der Waals surface area contributed by atoms with Crippen LogP contribution in [0.15, 0.2) is 48.5 Å². The van der Waals surface area contributed by atoms with Crippen molar-refractivity contribution in [3.8, 4) is 5.75 Å². The van der Waals surface area contributed by atoms with E-state index in [-0.39, 0.29) is 11.8 Å². The molecule has 0 fully saturated rings. The summed E-state index contributed by atoms with van der Waals surface area (Å²) in [5, 5.41) is 5.30. The first-order chi connectivity index (χ1) is 10.2. The largest absolute Gasteiger partial charge is 0.497 e. The Kier molecular flexibility index (Phi) is 5.15. The molecule has 0 aliphatic carbocycles. The molecule has 0 aliphatic rings. The van der Waals surface area contributed by atoms with Crippen LogP contribution < -0.4 is 15.4 Å². The number of carbonyl (C=O) groups is 1. The molecule has 0 heterocycles. The van der Waals surface area contributed by atoms with Gasteiger partial charge in [0.15, 0.2) is 0 Å². The first-order valence-corrected chi connectivity index (χ1v) is 6.61. The number of ether oxygens (including phenoxy) is 1. The van der Waals surface area contributed by atoms with Gasteiger partial charge < -0.3 is 15.4 Å². The van der Waals surface area contributed by atoms with Crippen LogP contribution in [0, 0.1) is 5.82 Å². The number of hydrogen-bond acceptors (Lipinski definition) is 2. The zero-order valence-corrected chi connectivity index (χ0v) is 11.7. The fraction of sp³-hybridized carbons (Fsp3) is 0.188. The Balaban J connectivity index is 1.76. The predicted molar refractivity (Wildman–Crippen MR) is 80.1 cm³/mol. The number of halogens is 1. The van der Waals surface area contributed by atoms with Gasteiger partial charge in [-0.25, -0.2) is 9.18 Å². The summed E-state index contributed by atoms with van der Waals surface area (Å²) < 4.78 is 18.0. The van der Waals surface area contributed by atoms with Crippen molar-refractivity contribution in [1.29, 1.82) is 0 Å². The molecule has 0 aromatic heterocycles. The van der Waals surface area contributed by atoms with Crippen molar-refractivity contribution in [1.82, 2.24) is 5.32 Å². The van der Waals surface area contributed by atoms with Crippen LogP contribution >= 0.6 is 0 Å². The average Bonchev–Trinajstić information content (AvgIpc) is 2.48. The van der Waals surface area contributed by atoms with E-state index in [9.17, 15) is 9.18 Å². The molecule has 4 nitrogen and oxygen atoms in total. The molecule has 0 aliphatic heterocycles. The second-order valence-corrected chi connectivity index (χ2v) is 4.49. The third kappa shape index (κ3) is 4.80. The van der Waals surface area contributed by atoms with Crippen LogP contribution in [0.5, 0.6) is 5.75 Å². The van der Waals surface area contributed by atoms with E-state index in [4.69, 9.17) is 4.74 Å². The lowest BCUT2D eigenvalue weighted by atomic mass is 10.1. The van der Waals surface area contributed by atoms with Crippen LogP contribution in [0.4, 0.5) is 14.9 Å². The zero-order chi connectivity index (χ0) is 15.1. The second kappa shape index (κ2) is 7.28. The molecule has 21 heavy (non-hydrogen) atoms. The second-order valence-electron chi connectivity index (χ2n) is 4.49. The molecule has 2 aromatic carbocycles. The normalized spacial score (nSPS) is 10.0. The van der Waals surface area contributed by atoms with Crippen LogP contribution in [-0.2, 0) is 6.42 Å². The minimum absolute atomic E-state index is 0.353. The van der Waals surface area contributed by atoms with Gasteiger partial charge in [0, 0.05) is 12.2 Å². The first-order valence-electron chi connectivity index (χ1n) is 6.61. The number of amides is 2. The summed E-state index contributed by atoms with van der Waals surface area (Å²) in [6.45, 7) is 0.494. The van der Waals surface area contributed by atoms with Crippen LogP contribution in [0.2, 0.25) is 0 Å². The van der Waals surface area contributed by atoms with Crippen molar-refractivity contribution in [3.05, 3.63) is 59.9 Å². The highest BCUT2D eigenvalue weighted by Gasteiger charge is 2.02. The quantitative estimate of drug-likeness (QED) is 0.887. The highest BCUT2D eigenvalue weighted by atomic mass is 19.1. The molecule has 2 amide bonds. The number of urea groups is 1. The average molecular weight is 288 g/mol. The zero-order valence-electron chi connectivity index (χ0n) is 11.7. The molecule has 0 atom stereocenters. The van der Waals surface area contributed by atoms with Gasteiger partial charge in [0.05, 0.1) is 7.11 Å². The topological polar surface area (TPSA) is 50.4 Å². The molecule has 5 heteroatoms. The predicted octanol–water partition coefficient (Wildman–Crippen LogP) is 3.20. The summed E-state index contributed by atoms with van der Waals surface area (Å²) in [5.74, 6) is 0.418. The summed E-state index contributed by atoms with van der Waals surface area (Å²) in [4.78, 5) is 11.6. The Morgan fingerprint density at radius 1 is 1.19 bits per heavy atom. The van der Waals surface area contributed by atoms with Crippen LogP contribution in [0.25, 0.3) is 0 Å². The molecule has 110 valence electrons. The van der Waals surface area contributed by atoms with E-state index >= 15 is 0 Å². The molecule has 0 radical (unpaired) electrons. The number of nitrogens with one attached hydrogen (secondary N) is 2. The molecule has 2 rings (SSSR count). The van der Waals surface area contributed by atoms with Crippen LogP contribution in [-0.4, -0.2) is 19.7 Å². The van der Waals surface area contributed by atoms with Crippen molar-refractivity contribution < 1.29 is 13.9 Å². The molecule has 0 spiro atoms. The van der Waals surface area contributed by atoms with E-state index < -0.39 is 0 Å². The summed E-state index contributed by atoms with van der Waals surface area (Å²) in [6.07, 6.45) is 0.709. The summed E-state index contributed by atoms with van der Waals surface area (Å²) in [7, 11) is 1.62. The molecule has 0 bridgehead atoms. The van der Waals surface area contributed by atoms with Gasteiger partial charge in [0.2, 0.25) is 0 Å². The molecule has 2 N–H and O–H groups in total. The molecular weight excluding hydrogens is 271 g/mol. The van der Waals surface area contributed by atoms with Crippen molar-refractivity contribution in [3.63, 3.8) is 0 Å². The standard InChI is InChI=1S/C16H17FN2O2/c1-21-15-7-5-12(6-8-15)9-10-18-16(20)19-14-4-2-3-13(17)11-14/h2-8,11H,9-10H2,1H3,(H2,18,19,20). The lowest BCUT2D eigenvalue weighted by Gasteiger charge is -2.08. The molecule has 0 saturated heterocycles. The Labute approximate surface area is 122 Å². The van der Waals surface area contributed by atoms with Crippen molar-refractivity contribution in [2.75, 3.05) is 19.0 Å². The van der Waals surface area contributed by atoms with Crippen molar-refractivity contribution in [2.45, 2.75) is 6.42 Å². The number of hydrogen-bond donors (Lipinski definition) is 2. The maximum absolute atomic E-state index is 13.0. The van der Waals surface area contributed by atoms with Gasteiger partial charge >= 0.3 is 6.03 Å². The van der Waals surface area contributed by atoms with Crippen LogP contribution in [0.3, 0.4) is 0 Å². The highest BCUT2D eigenvalue weighted by Crippen LogP contribution is 2.11. The summed E-state index contributed by atoms with van der Waals surface area (Å²) in [6, 6.07) is 13.1. The Bertz CT molecular complexity index is 599. The van der Waals surface area contributed by atoms with Crippen LogP contribution in [0.1, 0.15) is 5.56 Å². The lowest BCUT2D eigenvalue weighted by Crippen LogP contribution is -2.30. The smallest absolute Gasteiger partial charge is 0.319 e. The van der Waals surface area contributed by atoms with Gasteiger partial charge in [-0.3, -0.25) is 0 Å². The number of benzene rings is 2. The maximum atomic E-state index is 13.0. The fourth-order valence-corrected chi connectivity index (χ4v) is 1.85. The number of rotatable bonds is 5. The molecule has 2 aromatic rings. The third-order valence-corrected chi connectivity index (χ3v) is 2.94. The van der Waals surface area contributed by atoms with E-state index in [0.29, 0.717) is 18.7 Å². The summed E-state index contributed by atoms with van der Waals surface area (Å²) >= 11 is 0. The Hall–Kier alpha value is -2.56. The fourth-order valence-electron chi connectivity index (χ4n) is 1.85. The van der Waals surface area contributed by atoms with Crippen molar-refractivity contribution >= 4 is 11.7 Å². The minimum atomic E-state index is -0.383. The van der Waals surface area contributed by atoms with E-state index in [1.165, 1.54) is 12.1 Å². The lowest BCUT2D eigenvalue weighted by molar-refractivity contribution is 0.252. The van der Waals surface area contributed by atoms with Gasteiger partial charge in [-0.05, 0) is 42.3 Å². The first kappa shape index (κ1) is 14.8. The third-order valence-electron chi connectivity index (χ3n) is 2.94.